The molecule has 0 fully saturated rings. The van der Waals surface area contributed by atoms with Crippen molar-refractivity contribution in [3.05, 3.63) is 71.3 Å². The van der Waals surface area contributed by atoms with Crippen LogP contribution in [0.25, 0.3) is 0 Å². The van der Waals surface area contributed by atoms with Crippen LogP contribution in [0.15, 0.2) is 54.6 Å². The van der Waals surface area contributed by atoms with E-state index in [1.165, 1.54) is 4.90 Å². The van der Waals surface area contributed by atoms with Crippen molar-refractivity contribution in [2.24, 2.45) is 0 Å². The van der Waals surface area contributed by atoms with Crippen molar-refractivity contribution >= 4 is 6.09 Å². The van der Waals surface area contributed by atoms with E-state index in [1.807, 2.05) is 54.6 Å². The molecular formula is C18H19NO3. The smallest absolute Gasteiger partial charge is 0.410 e. The number of hydrogen-bond donors (Lipinski definition) is 1. The van der Waals surface area contributed by atoms with Gasteiger partial charge in [0.15, 0.2) is 0 Å². The fourth-order valence-electron chi connectivity index (χ4n) is 2.86. The molecule has 0 unspecified atom stereocenters. The minimum absolute atomic E-state index is 0.236. The summed E-state index contributed by atoms with van der Waals surface area (Å²) in [6, 6.07) is 17.0. The molecule has 1 aliphatic rings. The Bertz CT molecular complexity index is 656. The van der Waals surface area contributed by atoms with E-state index in [4.69, 9.17) is 4.74 Å². The van der Waals surface area contributed by atoms with Crippen molar-refractivity contribution in [1.29, 1.82) is 0 Å². The first-order valence-corrected chi connectivity index (χ1v) is 7.36. The average molecular weight is 297 g/mol. The number of ether oxygens (including phenoxy) is 1. The number of carbonyl (C=O) groups excluding carboxylic acids is 1. The van der Waals surface area contributed by atoms with Crippen LogP contribution in [0.1, 0.15) is 22.8 Å². The summed E-state index contributed by atoms with van der Waals surface area (Å²) in [5, 5.41) is 10.4. The van der Waals surface area contributed by atoms with Crippen LogP contribution in [-0.4, -0.2) is 29.2 Å². The van der Waals surface area contributed by atoms with E-state index in [0.717, 1.165) is 16.7 Å². The Morgan fingerprint density at radius 1 is 1.18 bits per heavy atom. The zero-order chi connectivity index (χ0) is 15.5. The summed E-state index contributed by atoms with van der Waals surface area (Å²) in [6.07, 6.45) is -0.431. The SMILES string of the molecule is CN(C(=O)OCc1ccccc1)[C@@H]1Cc2ccccc2[C@@H]1O. The molecule has 0 saturated carbocycles. The first-order valence-electron chi connectivity index (χ1n) is 7.36. The number of carbonyl (C=O) groups is 1. The third kappa shape index (κ3) is 2.83. The molecule has 1 aliphatic carbocycles. The van der Waals surface area contributed by atoms with Gasteiger partial charge in [-0.1, -0.05) is 54.6 Å². The molecule has 0 saturated heterocycles. The number of benzene rings is 2. The molecule has 0 spiro atoms. The molecule has 0 aliphatic heterocycles. The van der Waals surface area contributed by atoms with Crippen LogP contribution in [0, 0.1) is 0 Å². The Morgan fingerprint density at radius 2 is 1.86 bits per heavy atom. The largest absolute Gasteiger partial charge is 0.445 e. The van der Waals surface area contributed by atoms with Crippen molar-refractivity contribution < 1.29 is 14.6 Å². The average Bonchev–Trinajstić information content (AvgIpc) is 2.90. The summed E-state index contributed by atoms with van der Waals surface area (Å²) in [7, 11) is 1.67. The summed E-state index contributed by atoms with van der Waals surface area (Å²) in [6.45, 7) is 0.236. The van der Waals surface area contributed by atoms with Gasteiger partial charge in [0.2, 0.25) is 0 Å². The lowest BCUT2D eigenvalue weighted by Gasteiger charge is -2.26. The maximum absolute atomic E-state index is 12.2. The van der Waals surface area contributed by atoms with E-state index in [9.17, 15) is 9.90 Å². The quantitative estimate of drug-likeness (QED) is 0.947. The molecule has 4 nitrogen and oxygen atoms in total. The molecule has 0 aromatic heterocycles. The molecular weight excluding hydrogens is 278 g/mol. The van der Waals surface area contributed by atoms with E-state index < -0.39 is 12.2 Å². The highest BCUT2D eigenvalue weighted by Crippen LogP contribution is 2.33. The summed E-state index contributed by atoms with van der Waals surface area (Å²) in [5.74, 6) is 0. The highest BCUT2D eigenvalue weighted by molar-refractivity contribution is 5.68. The van der Waals surface area contributed by atoms with E-state index in [2.05, 4.69) is 0 Å². The second-order valence-corrected chi connectivity index (χ2v) is 5.57. The van der Waals surface area contributed by atoms with Crippen molar-refractivity contribution in [2.45, 2.75) is 25.2 Å². The van der Waals surface area contributed by atoms with Crippen molar-refractivity contribution in [3.8, 4) is 0 Å². The maximum atomic E-state index is 12.2. The first-order chi connectivity index (χ1) is 10.7. The fourth-order valence-corrected chi connectivity index (χ4v) is 2.86. The highest BCUT2D eigenvalue weighted by Gasteiger charge is 2.35. The third-order valence-electron chi connectivity index (χ3n) is 4.16. The predicted octanol–water partition coefficient (Wildman–Crippen LogP) is 2.91. The van der Waals surface area contributed by atoms with Crippen LogP contribution in [0.5, 0.6) is 0 Å². The minimum Gasteiger partial charge on any atom is -0.445 e. The Morgan fingerprint density at radius 3 is 2.59 bits per heavy atom. The van der Waals surface area contributed by atoms with Crippen LogP contribution in [-0.2, 0) is 17.8 Å². The van der Waals surface area contributed by atoms with Crippen LogP contribution in [0.4, 0.5) is 4.79 Å². The number of fused-ring (bicyclic) bond motifs is 1. The van der Waals surface area contributed by atoms with Crippen molar-refractivity contribution in [1.82, 2.24) is 4.90 Å². The molecule has 0 heterocycles. The predicted molar refractivity (Wildman–Crippen MR) is 83.3 cm³/mol. The van der Waals surface area contributed by atoms with Crippen LogP contribution < -0.4 is 0 Å². The monoisotopic (exact) mass is 297 g/mol. The van der Waals surface area contributed by atoms with E-state index >= 15 is 0 Å². The molecule has 0 bridgehead atoms. The minimum atomic E-state index is -0.662. The van der Waals surface area contributed by atoms with Gasteiger partial charge < -0.3 is 14.7 Å². The van der Waals surface area contributed by atoms with E-state index in [0.29, 0.717) is 6.42 Å². The molecule has 22 heavy (non-hydrogen) atoms. The summed E-state index contributed by atoms with van der Waals surface area (Å²) >= 11 is 0. The Balaban J connectivity index is 1.62. The van der Waals surface area contributed by atoms with Gasteiger partial charge in [-0.3, -0.25) is 0 Å². The molecule has 0 radical (unpaired) electrons. The second kappa shape index (κ2) is 6.20. The van der Waals surface area contributed by atoms with E-state index in [-0.39, 0.29) is 12.6 Å². The van der Waals surface area contributed by atoms with Crippen molar-refractivity contribution in [3.63, 3.8) is 0 Å². The fraction of sp³-hybridized carbons (Fsp3) is 0.278. The first kappa shape index (κ1) is 14.6. The lowest BCUT2D eigenvalue weighted by Crippen LogP contribution is -2.40. The third-order valence-corrected chi connectivity index (χ3v) is 4.16. The summed E-state index contributed by atoms with van der Waals surface area (Å²) in [4.78, 5) is 13.7. The maximum Gasteiger partial charge on any atom is 0.410 e. The number of likely N-dealkylation sites (N-methyl/N-ethyl adjacent to an activating group) is 1. The zero-order valence-corrected chi connectivity index (χ0v) is 12.5. The molecule has 2 atom stereocenters. The van der Waals surface area contributed by atoms with Gasteiger partial charge in [0.25, 0.3) is 0 Å². The molecule has 3 rings (SSSR count). The van der Waals surface area contributed by atoms with Gasteiger partial charge in [-0.2, -0.15) is 0 Å². The Kier molecular flexibility index (Phi) is 4.11. The molecule has 114 valence electrons. The number of aliphatic hydroxyl groups excluding tert-OH is 1. The topological polar surface area (TPSA) is 49.8 Å². The van der Waals surface area contributed by atoms with Crippen molar-refractivity contribution in [2.75, 3.05) is 7.05 Å². The molecule has 2 aromatic carbocycles. The van der Waals surface area contributed by atoms with Crippen LogP contribution in [0.3, 0.4) is 0 Å². The lowest BCUT2D eigenvalue weighted by atomic mass is 10.1. The zero-order valence-electron chi connectivity index (χ0n) is 12.5. The number of amides is 1. The summed E-state index contributed by atoms with van der Waals surface area (Å²) < 4.78 is 5.33. The van der Waals surface area contributed by atoms with Gasteiger partial charge in [-0.25, -0.2) is 4.79 Å². The van der Waals surface area contributed by atoms with Gasteiger partial charge in [0.05, 0.1) is 6.04 Å². The second-order valence-electron chi connectivity index (χ2n) is 5.57. The van der Waals surface area contributed by atoms with Gasteiger partial charge in [0, 0.05) is 7.05 Å². The molecule has 1 N–H and O–H groups in total. The van der Waals surface area contributed by atoms with Crippen LogP contribution in [0.2, 0.25) is 0 Å². The normalized spacial score (nSPS) is 19.5. The van der Waals surface area contributed by atoms with Gasteiger partial charge in [-0.05, 0) is 23.1 Å². The standard InChI is InChI=1S/C18H19NO3/c1-19(18(21)22-12-13-7-3-2-4-8-13)16-11-14-9-5-6-10-15(14)17(16)20/h2-10,16-17,20H,11-12H2,1H3/t16-,17+/m1/s1. The molecule has 1 amide bonds. The van der Waals surface area contributed by atoms with E-state index in [1.54, 1.807) is 7.05 Å². The number of hydrogen-bond acceptors (Lipinski definition) is 3. The van der Waals surface area contributed by atoms with Gasteiger partial charge >= 0.3 is 6.09 Å². The number of rotatable bonds is 3. The molecule has 4 heteroatoms. The lowest BCUT2D eigenvalue weighted by molar-refractivity contribution is 0.0493. The van der Waals surface area contributed by atoms with Crippen LogP contribution >= 0.6 is 0 Å². The Hall–Kier alpha value is -2.33. The summed E-state index contributed by atoms with van der Waals surface area (Å²) in [5.41, 5.74) is 2.93. The van der Waals surface area contributed by atoms with Gasteiger partial charge in [0.1, 0.15) is 12.7 Å². The Labute approximate surface area is 130 Å². The number of nitrogens with zero attached hydrogens (tertiary/aromatic N) is 1. The molecule has 2 aromatic rings. The number of aliphatic hydroxyl groups is 1. The highest BCUT2D eigenvalue weighted by atomic mass is 16.6. The van der Waals surface area contributed by atoms with Gasteiger partial charge in [-0.15, -0.1) is 0 Å².